The van der Waals surface area contributed by atoms with E-state index < -0.39 is 5.97 Å². The summed E-state index contributed by atoms with van der Waals surface area (Å²) < 4.78 is 11.5. The predicted molar refractivity (Wildman–Crippen MR) is 107 cm³/mol. The molecule has 0 fully saturated rings. The molecule has 28 heavy (non-hydrogen) atoms. The fraction of sp³-hybridized carbons (Fsp3) is 0.211. The Hall–Kier alpha value is -2.78. The highest BCUT2D eigenvalue weighted by Gasteiger charge is 2.24. The second-order valence-electron chi connectivity index (χ2n) is 5.69. The molecule has 7 nitrogen and oxygen atoms in total. The van der Waals surface area contributed by atoms with E-state index in [9.17, 15) is 14.8 Å². The van der Waals surface area contributed by atoms with Gasteiger partial charge in [0.05, 0.1) is 12.4 Å². The molecule has 3 aromatic heterocycles. The minimum Gasteiger partial charge on any atom is -0.618 e. The van der Waals surface area contributed by atoms with Gasteiger partial charge in [0.2, 0.25) is 5.91 Å². The van der Waals surface area contributed by atoms with Crippen molar-refractivity contribution in [3.8, 4) is 11.3 Å². The highest BCUT2D eigenvalue weighted by Crippen LogP contribution is 2.37. The van der Waals surface area contributed by atoms with Crippen molar-refractivity contribution in [3.63, 3.8) is 0 Å². The van der Waals surface area contributed by atoms with Crippen LogP contribution in [-0.4, -0.2) is 24.2 Å². The third-order valence-corrected chi connectivity index (χ3v) is 5.58. The van der Waals surface area contributed by atoms with Crippen LogP contribution in [0.3, 0.4) is 0 Å². The molecule has 0 saturated carbocycles. The number of nitrogens with one attached hydrogen (secondary N) is 1. The van der Waals surface area contributed by atoms with Gasteiger partial charge in [-0.25, -0.2) is 4.79 Å². The van der Waals surface area contributed by atoms with E-state index in [1.54, 1.807) is 42.6 Å². The Morgan fingerprint density at radius 3 is 2.82 bits per heavy atom. The van der Waals surface area contributed by atoms with Crippen molar-refractivity contribution in [2.45, 2.75) is 18.9 Å². The zero-order chi connectivity index (χ0) is 20.1. The third kappa shape index (κ3) is 4.55. The molecule has 3 heterocycles. The van der Waals surface area contributed by atoms with Gasteiger partial charge in [0.15, 0.2) is 6.20 Å². The lowest BCUT2D eigenvalue weighted by Gasteiger charge is -2.08. The van der Waals surface area contributed by atoms with E-state index in [0.717, 1.165) is 11.8 Å². The monoisotopic (exact) mass is 418 g/mol. The predicted octanol–water partition coefficient (Wildman–Crippen LogP) is 3.86. The zero-order valence-electron chi connectivity index (χ0n) is 15.3. The number of aromatic nitrogens is 1. The van der Waals surface area contributed by atoms with Gasteiger partial charge in [-0.05, 0) is 43.8 Å². The lowest BCUT2D eigenvalue weighted by molar-refractivity contribution is -0.645. The fourth-order valence-electron chi connectivity index (χ4n) is 2.44. The van der Waals surface area contributed by atoms with Gasteiger partial charge in [0.1, 0.15) is 22.1 Å². The molecule has 0 aliphatic rings. The number of aryl methyl sites for hydroxylation is 1. The topological polar surface area (TPSA) is 95.5 Å². The van der Waals surface area contributed by atoms with E-state index in [0.29, 0.717) is 31.8 Å². The highest BCUT2D eigenvalue weighted by atomic mass is 32.2. The van der Waals surface area contributed by atoms with Gasteiger partial charge in [0, 0.05) is 23.1 Å². The first kappa shape index (κ1) is 20.0. The Bertz CT molecular complexity index is 996. The Morgan fingerprint density at radius 2 is 2.14 bits per heavy atom. The van der Waals surface area contributed by atoms with Gasteiger partial charge < -0.3 is 19.7 Å². The van der Waals surface area contributed by atoms with Crippen molar-refractivity contribution in [3.05, 3.63) is 58.4 Å². The summed E-state index contributed by atoms with van der Waals surface area (Å²) in [4.78, 5) is 24.8. The van der Waals surface area contributed by atoms with Crippen LogP contribution in [0.1, 0.15) is 23.0 Å². The standard InChI is InChI=1S/C19H18N2O5S2/c1-3-25-19(23)17-13(14-8-7-12(2)26-14)10-28-18(17)20-15(22)11-27-16-6-4-5-9-21(16)24/h4-10H,3,11H2,1-2H3,(H,20,22). The summed E-state index contributed by atoms with van der Waals surface area (Å²) in [5.41, 5.74) is 0.832. The normalized spacial score (nSPS) is 10.6. The molecule has 0 saturated heterocycles. The third-order valence-electron chi connectivity index (χ3n) is 3.67. The molecule has 1 N–H and O–H groups in total. The van der Waals surface area contributed by atoms with Crippen LogP contribution in [0.2, 0.25) is 0 Å². The SMILES string of the molecule is CCOC(=O)c1c(-c2ccc(C)o2)csc1NC(=O)CSc1cccc[n+]1[O-]. The van der Waals surface area contributed by atoms with Crippen LogP contribution in [0.4, 0.5) is 5.00 Å². The number of nitrogens with zero attached hydrogens (tertiary/aromatic N) is 1. The number of hydrogen-bond donors (Lipinski definition) is 1. The van der Waals surface area contributed by atoms with Crippen molar-refractivity contribution in [1.29, 1.82) is 0 Å². The summed E-state index contributed by atoms with van der Waals surface area (Å²) >= 11 is 2.33. The minimum atomic E-state index is -0.531. The molecule has 0 atom stereocenters. The number of rotatable bonds is 7. The van der Waals surface area contributed by atoms with Crippen molar-refractivity contribution < 1.29 is 23.5 Å². The van der Waals surface area contributed by atoms with Crippen LogP contribution in [0.5, 0.6) is 0 Å². The van der Waals surface area contributed by atoms with Crippen LogP contribution >= 0.6 is 23.1 Å². The second kappa shape index (κ2) is 8.94. The fourth-order valence-corrected chi connectivity index (χ4v) is 4.11. The number of esters is 1. The number of carbonyl (C=O) groups excluding carboxylic acids is 2. The highest BCUT2D eigenvalue weighted by molar-refractivity contribution is 7.99. The van der Waals surface area contributed by atoms with Gasteiger partial charge in [-0.15, -0.1) is 11.3 Å². The van der Waals surface area contributed by atoms with Gasteiger partial charge in [0.25, 0.3) is 5.03 Å². The number of thioether (sulfide) groups is 1. The molecular weight excluding hydrogens is 400 g/mol. The largest absolute Gasteiger partial charge is 0.618 e. The lowest BCUT2D eigenvalue weighted by Crippen LogP contribution is -2.28. The molecule has 0 unspecified atom stereocenters. The number of thiophene rings is 1. The van der Waals surface area contributed by atoms with Crippen molar-refractivity contribution in [2.75, 3.05) is 17.7 Å². The molecule has 3 rings (SSSR count). The smallest absolute Gasteiger partial charge is 0.341 e. The zero-order valence-corrected chi connectivity index (χ0v) is 16.9. The molecule has 0 bridgehead atoms. The first-order chi connectivity index (χ1) is 13.5. The molecule has 0 radical (unpaired) electrons. The van der Waals surface area contributed by atoms with Gasteiger partial charge in [-0.1, -0.05) is 0 Å². The van der Waals surface area contributed by atoms with Gasteiger partial charge in [-0.2, -0.15) is 4.73 Å². The Kier molecular flexibility index (Phi) is 6.37. The quantitative estimate of drug-likeness (QED) is 0.271. The summed E-state index contributed by atoms with van der Waals surface area (Å²) in [7, 11) is 0. The number of pyridine rings is 1. The molecule has 1 amide bonds. The van der Waals surface area contributed by atoms with E-state index in [-0.39, 0.29) is 23.8 Å². The van der Waals surface area contributed by atoms with Gasteiger partial charge >= 0.3 is 5.97 Å². The number of amides is 1. The maximum Gasteiger partial charge on any atom is 0.341 e. The van der Waals surface area contributed by atoms with E-state index in [4.69, 9.17) is 9.15 Å². The molecule has 0 aliphatic heterocycles. The van der Waals surface area contributed by atoms with Crippen molar-refractivity contribution in [1.82, 2.24) is 0 Å². The number of anilines is 1. The van der Waals surface area contributed by atoms with Crippen LogP contribution in [0, 0.1) is 12.1 Å². The number of hydrogen-bond acceptors (Lipinski definition) is 7. The van der Waals surface area contributed by atoms with Crippen LogP contribution < -0.4 is 10.0 Å². The first-order valence-corrected chi connectivity index (χ1v) is 10.3. The molecular formula is C19H18N2O5S2. The summed E-state index contributed by atoms with van der Waals surface area (Å²) in [6.45, 7) is 3.74. The van der Waals surface area contributed by atoms with E-state index >= 15 is 0 Å². The minimum absolute atomic E-state index is 0.0294. The summed E-state index contributed by atoms with van der Waals surface area (Å²) in [6, 6.07) is 8.55. The van der Waals surface area contributed by atoms with E-state index in [1.165, 1.54) is 17.5 Å². The molecule has 0 aliphatic carbocycles. The molecule has 0 aromatic carbocycles. The number of furan rings is 1. The lowest BCUT2D eigenvalue weighted by atomic mass is 10.1. The summed E-state index contributed by atoms with van der Waals surface area (Å²) in [5.74, 6) is 0.413. The average molecular weight is 418 g/mol. The van der Waals surface area contributed by atoms with Crippen molar-refractivity contribution in [2.24, 2.45) is 0 Å². The maximum absolute atomic E-state index is 12.5. The second-order valence-corrected chi connectivity index (χ2v) is 7.56. The van der Waals surface area contributed by atoms with Crippen LogP contribution in [0.25, 0.3) is 11.3 Å². The maximum atomic E-state index is 12.5. The number of carbonyl (C=O) groups is 2. The van der Waals surface area contributed by atoms with E-state index in [2.05, 4.69) is 5.32 Å². The summed E-state index contributed by atoms with van der Waals surface area (Å²) in [5, 5.41) is 17.0. The Balaban J connectivity index is 1.79. The van der Waals surface area contributed by atoms with Gasteiger partial charge in [-0.3, -0.25) is 4.79 Å². The van der Waals surface area contributed by atoms with Crippen LogP contribution in [0.15, 0.2) is 51.4 Å². The molecule has 9 heteroatoms. The number of ether oxygens (including phenoxy) is 1. The first-order valence-electron chi connectivity index (χ1n) is 8.45. The summed E-state index contributed by atoms with van der Waals surface area (Å²) in [6.07, 6.45) is 1.37. The molecule has 3 aromatic rings. The molecule has 0 spiro atoms. The van der Waals surface area contributed by atoms with Crippen LogP contribution in [-0.2, 0) is 9.53 Å². The Labute approximate surface area is 169 Å². The molecule has 146 valence electrons. The average Bonchev–Trinajstić information content (AvgIpc) is 3.27. The Morgan fingerprint density at radius 1 is 1.32 bits per heavy atom. The van der Waals surface area contributed by atoms with E-state index in [1.807, 2.05) is 6.92 Å². The van der Waals surface area contributed by atoms with Crippen molar-refractivity contribution >= 4 is 40.0 Å².